The SMILES string of the molecule is Fc1ccc(Nc2nnc(-c3ccc(Cl)nc3)n2Cc2ccco2)cc1. The van der Waals surface area contributed by atoms with Gasteiger partial charge in [-0.05, 0) is 48.5 Å². The summed E-state index contributed by atoms with van der Waals surface area (Å²) in [5.41, 5.74) is 1.46. The summed E-state index contributed by atoms with van der Waals surface area (Å²) in [7, 11) is 0. The quantitative estimate of drug-likeness (QED) is 0.524. The van der Waals surface area contributed by atoms with E-state index < -0.39 is 0 Å². The molecule has 0 aliphatic rings. The van der Waals surface area contributed by atoms with Crippen LogP contribution in [-0.4, -0.2) is 19.7 Å². The molecule has 0 unspecified atom stereocenters. The molecule has 8 heteroatoms. The van der Waals surface area contributed by atoms with E-state index in [1.807, 2.05) is 22.8 Å². The van der Waals surface area contributed by atoms with Gasteiger partial charge in [0.15, 0.2) is 5.82 Å². The lowest BCUT2D eigenvalue weighted by atomic mass is 10.2. The molecule has 0 atom stereocenters. The van der Waals surface area contributed by atoms with Crippen LogP contribution in [0.15, 0.2) is 65.4 Å². The molecule has 3 heterocycles. The van der Waals surface area contributed by atoms with Crippen LogP contribution in [0.3, 0.4) is 0 Å². The van der Waals surface area contributed by atoms with E-state index in [1.54, 1.807) is 30.7 Å². The maximum atomic E-state index is 13.1. The van der Waals surface area contributed by atoms with Crippen LogP contribution < -0.4 is 5.32 Å². The summed E-state index contributed by atoms with van der Waals surface area (Å²) >= 11 is 5.87. The summed E-state index contributed by atoms with van der Waals surface area (Å²) in [4.78, 5) is 4.10. The van der Waals surface area contributed by atoms with Crippen molar-refractivity contribution in [1.29, 1.82) is 0 Å². The van der Waals surface area contributed by atoms with Gasteiger partial charge in [0, 0.05) is 17.4 Å². The van der Waals surface area contributed by atoms with Gasteiger partial charge in [-0.1, -0.05) is 11.6 Å². The Morgan fingerprint density at radius 3 is 2.62 bits per heavy atom. The number of furan rings is 1. The first-order chi connectivity index (χ1) is 12.7. The van der Waals surface area contributed by atoms with Crippen LogP contribution in [0.4, 0.5) is 16.0 Å². The number of benzene rings is 1. The van der Waals surface area contributed by atoms with Crippen molar-refractivity contribution in [3.05, 3.63) is 77.7 Å². The number of nitrogens with one attached hydrogen (secondary N) is 1. The monoisotopic (exact) mass is 369 g/mol. The Hall–Kier alpha value is -3.19. The second kappa shape index (κ2) is 6.97. The first-order valence-corrected chi connectivity index (χ1v) is 8.17. The molecule has 0 saturated carbocycles. The van der Waals surface area contributed by atoms with Gasteiger partial charge in [-0.2, -0.15) is 0 Å². The number of nitrogens with zero attached hydrogens (tertiary/aromatic N) is 4. The van der Waals surface area contributed by atoms with Gasteiger partial charge in [0.2, 0.25) is 5.95 Å². The smallest absolute Gasteiger partial charge is 0.229 e. The molecule has 1 aromatic carbocycles. The van der Waals surface area contributed by atoms with E-state index in [9.17, 15) is 4.39 Å². The zero-order chi connectivity index (χ0) is 17.9. The van der Waals surface area contributed by atoms with Crippen molar-refractivity contribution in [2.24, 2.45) is 0 Å². The third-order valence-corrected chi connectivity index (χ3v) is 3.95. The van der Waals surface area contributed by atoms with Crippen molar-refractivity contribution in [1.82, 2.24) is 19.7 Å². The number of pyridine rings is 1. The van der Waals surface area contributed by atoms with Gasteiger partial charge in [0.1, 0.15) is 16.7 Å². The molecule has 4 rings (SSSR count). The van der Waals surface area contributed by atoms with Crippen molar-refractivity contribution in [3.63, 3.8) is 0 Å². The van der Waals surface area contributed by atoms with E-state index in [-0.39, 0.29) is 5.82 Å². The van der Waals surface area contributed by atoms with Crippen LogP contribution >= 0.6 is 11.6 Å². The van der Waals surface area contributed by atoms with E-state index in [0.29, 0.717) is 29.2 Å². The van der Waals surface area contributed by atoms with E-state index in [4.69, 9.17) is 16.0 Å². The topological polar surface area (TPSA) is 68.8 Å². The molecule has 1 N–H and O–H groups in total. The fraction of sp³-hybridized carbons (Fsp3) is 0.0556. The largest absolute Gasteiger partial charge is 0.467 e. The molecule has 6 nitrogen and oxygen atoms in total. The Balaban J connectivity index is 1.73. The van der Waals surface area contributed by atoms with Gasteiger partial charge in [0.05, 0.1) is 12.8 Å². The summed E-state index contributed by atoms with van der Waals surface area (Å²) in [6, 6.07) is 13.2. The fourth-order valence-corrected chi connectivity index (χ4v) is 2.60. The third kappa shape index (κ3) is 3.43. The predicted molar refractivity (Wildman–Crippen MR) is 95.8 cm³/mol. The van der Waals surface area contributed by atoms with Crippen LogP contribution in [0.2, 0.25) is 5.15 Å². The lowest BCUT2D eigenvalue weighted by molar-refractivity contribution is 0.495. The zero-order valence-electron chi connectivity index (χ0n) is 13.4. The highest BCUT2D eigenvalue weighted by Gasteiger charge is 2.16. The Kier molecular flexibility index (Phi) is 4.37. The van der Waals surface area contributed by atoms with Crippen LogP contribution in [0.25, 0.3) is 11.4 Å². The lowest BCUT2D eigenvalue weighted by Gasteiger charge is -2.10. The van der Waals surface area contributed by atoms with Gasteiger partial charge >= 0.3 is 0 Å². The normalized spacial score (nSPS) is 10.8. The highest BCUT2D eigenvalue weighted by molar-refractivity contribution is 6.29. The number of hydrogen-bond donors (Lipinski definition) is 1. The molecule has 3 aromatic heterocycles. The highest BCUT2D eigenvalue weighted by Crippen LogP contribution is 2.24. The first-order valence-electron chi connectivity index (χ1n) is 7.79. The zero-order valence-corrected chi connectivity index (χ0v) is 14.2. The Labute approximate surface area is 153 Å². The number of rotatable bonds is 5. The summed E-state index contributed by atoms with van der Waals surface area (Å²) in [5.74, 6) is 1.55. The van der Waals surface area contributed by atoms with E-state index in [1.165, 1.54) is 12.1 Å². The number of aromatic nitrogens is 4. The van der Waals surface area contributed by atoms with E-state index in [2.05, 4.69) is 20.5 Å². The minimum atomic E-state index is -0.305. The van der Waals surface area contributed by atoms with Gasteiger partial charge in [-0.15, -0.1) is 10.2 Å². The molecule has 26 heavy (non-hydrogen) atoms. The average Bonchev–Trinajstić information content (AvgIpc) is 3.29. The molecule has 0 spiro atoms. The highest BCUT2D eigenvalue weighted by atomic mass is 35.5. The third-order valence-electron chi connectivity index (χ3n) is 3.73. The lowest BCUT2D eigenvalue weighted by Crippen LogP contribution is -2.06. The molecule has 0 bridgehead atoms. The second-order valence-corrected chi connectivity index (χ2v) is 5.90. The minimum Gasteiger partial charge on any atom is -0.467 e. The Bertz CT molecular complexity index is 997. The summed E-state index contributed by atoms with van der Waals surface area (Å²) in [6.45, 7) is 0.418. The first kappa shape index (κ1) is 16.3. The van der Waals surface area contributed by atoms with Crippen molar-refractivity contribution in [3.8, 4) is 11.4 Å². The molecule has 0 aliphatic carbocycles. The molecule has 0 radical (unpaired) electrons. The summed E-state index contributed by atoms with van der Waals surface area (Å²) in [6.07, 6.45) is 3.24. The maximum absolute atomic E-state index is 13.1. The van der Waals surface area contributed by atoms with Crippen LogP contribution in [-0.2, 0) is 6.54 Å². The molecule has 0 aliphatic heterocycles. The Morgan fingerprint density at radius 2 is 1.92 bits per heavy atom. The standard InChI is InChI=1S/C18H13ClFN5O/c19-16-8-3-12(10-21-16)17-23-24-18(22-14-6-4-13(20)5-7-14)25(17)11-15-2-1-9-26-15/h1-10H,11H2,(H,22,24). The van der Waals surface area contributed by atoms with E-state index in [0.717, 1.165) is 11.3 Å². The number of anilines is 2. The van der Waals surface area contributed by atoms with Gasteiger partial charge < -0.3 is 9.73 Å². The molecule has 0 fully saturated rings. The molecule has 0 amide bonds. The molecule has 0 saturated heterocycles. The molecule has 4 aromatic rings. The maximum Gasteiger partial charge on any atom is 0.229 e. The fourth-order valence-electron chi connectivity index (χ4n) is 2.49. The van der Waals surface area contributed by atoms with Gasteiger partial charge in [0.25, 0.3) is 0 Å². The van der Waals surface area contributed by atoms with E-state index >= 15 is 0 Å². The van der Waals surface area contributed by atoms with Gasteiger partial charge in [-0.3, -0.25) is 4.57 Å². The summed E-state index contributed by atoms with van der Waals surface area (Å²) in [5, 5.41) is 12.0. The Morgan fingerprint density at radius 1 is 1.08 bits per heavy atom. The van der Waals surface area contributed by atoms with Gasteiger partial charge in [-0.25, -0.2) is 9.37 Å². The molecular weight excluding hydrogens is 357 g/mol. The molecule has 130 valence electrons. The van der Waals surface area contributed by atoms with Crippen molar-refractivity contribution >= 4 is 23.2 Å². The van der Waals surface area contributed by atoms with Crippen molar-refractivity contribution in [2.75, 3.05) is 5.32 Å². The minimum absolute atomic E-state index is 0.305. The molecular formula is C18H13ClFN5O. The second-order valence-electron chi connectivity index (χ2n) is 5.51. The van der Waals surface area contributed by atoms with Crippen LogP contribution in [0, 0.1) is 5.82 Å². The summed E-state index contributed by atoms with van der Waals surface area (Å²) < 4.78 is 20.4. The predicted octanol–water partition coefficient (Wildman–Crippen LogP) is 4.52. The van der Waals surface area contributed by atoms with Crippen LogP contribution in [0.1, 0.15) is 5.76 Å². The number of hydrogen-bond acceptors (Lipinski definition) is 5. The number of halogens is 2. The van der Waals surface area contributed by atoms with Crippen molar-refractivity contribution in [2.45, 2.75) is 6.54 Å². The van der Waals surface area contributed by atoms with Crippen molar-refractivity contribution < 1.29 is 8.81 Å². The van der Waals surface area contributed by atoms with Crippen LogP contribution in [0.5, 0.6) is 0 Å². The average molecular weight is 370 g/mol.